The number of likely N-dealkylation sites (tertiary alicyclic amines) is 1. The van der Waals surface area contributed by atoms with Gasteiger partial charge in [-0.05, 0) is 49.7 Å². The largest absolute Gasteiger partial charge is 0.370 e. The monoisotopic (exact) mass is 527 g/mol. The minimum atomic E-state index is -0.199. The summed E-state index contributed by atoms with van der Waals surface area (Å²) in [6.07, 6.45) is 4.85. The molecule has 1 saturated heterocycles. The molecule has 0 spiro atoms. The number of guanidine groups is 1. The first kappa shape index (κ1) is 24.9. The number of halogens is 1. The van der Waals surface area contributed by atoms with Crippen molar-refractivity contribution in [2.24, 2.45) is 16.6 Å². The van der Waals surface area contributed by atoms with Crippen LogP contribution in [0.4, 0.5) is 0 Å². The molecule has 3 rings (SSSR count). The van der Waals surface area contributed by atoms with Crippen molar-refractivity contribution in [1.82, 2.24) is 15.1 Å². The minimum Gasteiger partial charge on any atom is -0.370 e. The van der Waals surface area contributed by atoms with Crippen molar-refractivity contribution in [3.05, 3.63) is 35.4 Å². The van der Waals surface area contributed by atoms with Gasteiger partial charge in [0, 0.05) is 45.2 Å². The van der Waals surface area contributed by atoms with Gasteiger partial charge in [0.25, 0.3) is 0 Å². The lowest BCUT2D eigenvalue weighted by atomic mass is 9.95. The molecule has 7 heteroatoms. The summed E-state index contributed by atoms with van der Waals surface area (Å²) in [4.78, 5) is 21.3. The fourth-order valence-electron chi connectivity index (χ4n) is 4.66. The second-order valence-electron chi connectivity index (χ2n) is 8.37. The van der Waals surface area contributed by atoms with E-state index in [-0.39, 0.29) is 29.9 Å². The zero-order valence-electron chi connectivity index (χ0n) is 18.5. The van der Waals surface area contributed by atoms with E-state index in [9.17, 15) is 4.79 Å². The summed E-state index contributed by atoms with van der Waals surface area (Å²) in [5, 5.41) is 3.47. The highest BCUT2D eigenvalue weighted by atomic mass is 127. The molecule has 1 aromatic carbocycles. The molecule has 2 atom stereocenters. The molecule has 2 heterocycles. The predicted octanol–water partition coefficient (Wildman–Crippen LogP) is 2.99. The summed E-state index contributed by atoms with van der Waals surface area (Å²) < 4.78 is 0. The number of aliphatic imine (C=N–C) groups is 1. The first-order valence-corrected chi connectivity index (χ1v) is 11.2. The quantitative estimate of drug-likeness (QED) is 0.325. The van der Waals surface area contributed by atoms with Crippen molar-refractivity contribution in [2.45, 2.75) is 58.5 Å². The Kier molecular flexibility index (Phi) is 10.4. The summed E-state index contributed by atoms with van der Waals surface area (Å²) in [6, 6.07) is 9.25. The van der Waals surface area contributed by atoms with Gasteiger partial charge in [-0.2, -0.15) is 0 Å². The Morgan fingerprint density at radius 1 is 1.27 bits per heavy atom. The minimum absolute atomic E-state index is 0. The molecule has 0 bridgehead atoms. The van der Waals surface area contributed by atoms with E-state index in [4.69, 9.17) is 10.7 Å². The van der Waals surface area contributed by atoms with Crippen LogP contribution in [0.3, 0.4) is 0 Å². The van der Waals surface area contributed by atoms with Gasteiger partial charge in [0.2, 0.25) is 5.91 Å². The number of amides is 1. The van der Waals surface area contributed by atoms with Crippen LogP contribution in [0.1, 0.15) is 50.7 Å². The van der Waals surface area contributed by atoms with Gasteiger partial charge in [0.15, 0.2) is 5.96 Å². The fourth-order valence-corrected chi connectivity index (χ4v) is 4.66. The summed E-state index contributed by atoms with van der Waals surface area (Å²) in [7, 11) is 0. The number of hydrogen-bond donors (Lipinski definition) is 2. The maximum Gasteiger partial charge on any atom is 0.217 e. The second-order valence-corrected chi connectivity index (χ2v) is 8.37. The Balaban J connectivity index is 0.00000320. The van der Waals surface area contributed by atoms with E-state index in [1.807, 2.05) is 0 Å². The van der Waals surface area contributed by atoms with Crippen LogP contribution < -0.4 is 11.1 Å². The SMILES string of the molecule is CCNC(=NCC(CC)N1CCc2ccccc2C1)N1CCCC(CC(N)=O)C1.I. The Morgan fingerprint density at radius 3 is 2.73 bits per heavy atom. The molecule has 1 aromatic rings. The number of nitrogens with one attached hydrogen (secondary N) is 1. The van der Waals surface area contributed by atoms with Gasteiger partial charge >= 0.3 is 0 Å². The molecule has 2 aliphatic rings. The van der Waals surface area contributed by atoms with E-state index in [0.29, 0.717) is 18.4 Å². The van der Waals surface area contributed by atoms with Crippen LogP contribution in [-0.2, 0) is 17.8 Å². The number of piperidine rings is 1. The van der Waals surface area contributed by atoms with Crippen LogP contribution in [0, 0.1) is 5.92 Å². The fraction of sp³-hybridized carbons (Fsp3) is 0.652. The third-order valence-corrected chi connectivity index (χ3v) is 6.24. The normalized spacial score (nSPS) is 20.8. The number of nitrogens with two attached hydrogens (primary N) is 1. The van der Waals surface area contributed by atoms with Crippen LogP contribution >= 0.6 is 24.0 Å². The number of nitrogens with zero attached hydrogens (tertiary/aromatic N) is 3. The van der Waals surface area contributed by atoms with E-state index >= 15 is 0 Å². The van der Waals surface area contributed by atoms with Crippen molar-refractivity contribution in [1.29, 1.82) is 0 Å². The Morgan fingerprint density at radius 2 is 2.03 bits per heavy atom. The van der Waals surface area contributed by atoms with E-state index in [1.165, 1.54) is 11.1 Å². The zero-order valence-corrected chi connectivity index (χ0v) is 20.8. The highest BCUT2D eigenvalue weighted by molar-refractivity contribution is 14.0. The average molecular weight is 527 g/mol. The molecule has 2 unspecified atom stereocenters. The van der Waals surface area contributed by atoms with Gasteiger partial charge in [0.1, 0.15) is 0 Å². The molecule has 1 fully saturated rings. The molecule has 1 amide bonds. The summed E-state index contributed by atoms with van der Waals surface area (Å²) in [6.45, 7) is 10.0. The van der Waals surface area contributed by atoms with Crippen molar-refractivity contribution >= 4 is 35.8 Å². The number of hydrogen-bond acceptors (Lipinski definition) is 3. The molecule has 0 radical (unpaired) electrons. The predicted molar refractivity (Wildman–Crippen MR) is 134 cm³/mol. The van der Waals surface area contributed by atoms with Gasteiger partial charge in [-0.3, -0.25) is 14.7 Å². The van der Waals surface area contributed by atoms with Gasteiger partial charge in [0.05, 0.1) is 6.54 Å². The lowest BCUT2D eigenvalue weighted by Crippen LogP contribution is -2.48. The van der Waals surface area contributed by atoms with E-state index in [0.717, 1.165) is 70.9 Å². The second kappa shape index (κ2) is 12.5. The van der Waals surface area contributed by atoms with E-state index < -0.39 is 0 Å². The smallest absolute Gasteiger partial charge is 0.217 e. The first-order valence-electron chi connectivity index (χ1n) is 11.2. The van der Waals surface area contributed by atoms with Gasteiger partial charge in [-0.15, -0.1) is 24.0 Å². The van der Waals surface area contributed by atoms with Crippen LogP contribution in [0.15, 0.2) is 29.3 Å². The standard InChI is InChI=1S/C23H37N5O.HI/c1-3-21(27-13-11-19-9-5-6-10-20(19)17-27)15-26-23(25-4-2)28-12-7-8-18(16-28)14-22(24)29;/h5-6,9-10,18,21H,3-4,7-8,11-17H2,1-2H3,(H2,24,29)(H,25,26);1H. The molecule has 30 heavy (non-hydrogen) atoms. The van der Waals surface area contributed by atoms with Crippen LogP contribution in [-0.4, -0.2) is 60.4 Å². The lowest BCUT2D eigenvalue weighted by Gasteiger charge is -2.36. The molecule has 0 aliphatic carbocycles. The average Bonchev–Trinajstić information content (AvgIpc) is 2.73. The number of carbonyl (C=O) groups is 1. The zero-order chi connectivity index (χ0) is 20.6. The number of fused-ring (bicyclic) bond motifs is 1. The van der Waals surface area contributed by atoms with E-state index in [1.54, 1.807) is 0 Å². The van der Waals surface area contributed by atoms with Crippen molar-refractivity contribution in [2.75, 3.05) is 32.7 Å². The molecule has 0 aromatic heterocycles. The maximum atomic E-state index is 11.3. The number of rotatable bonds is 7. The lowest BCUT2D eigenvalue weighted by molar-refractivity contribution is -0.119. The van der Waals surface area contributed by atoms with Gasteiger partial charge in [-0.25, -0.2) is 0 Å². The van der Waals surface area contributed by atoms with Crippen LogP contribution in [0.2, 0.25) is 0 Å². The van der Waals surface area contributed by atoms with E-state index in [2.05, 4.69) is 53.2 Å². The highest BCUT2D eigenvalue weighted by Crippen LogP contribution is 2.22. The summed E-state index contributed by atoms with van der Waals surface area (Å²) >= 11 is 0. The molecule has 2 aliphatic heterocycles. The van der Waals surface area contributed by atoms with Crippen molar-refractivity contribution in [3.8, 4) is 0 Å². The molecule has 6 nitrogen and oxygen atoms in total. The highest BCUT2D eigenvalue weighted by Gasteiger charge is 2.25. The molecule has 0 saturated carbocycles. The van der Waals surface area contributed by atoms with Gasteiger partial charge < -0.3 is 16.0 Å². The Hall–Kier alpha value is -1.35. The van der Waals surface area contributed by atoms with Crippen LogP contribution in [0.5, 0.6) is 0 Å². The molecule has 168 valence electrons. The number of primary amides is 1. The summed E-state index contributed by atoms with van der Waals surface area (Å²) in [5.41, 5.74) is 8.37. The van der Waals surface area contributed by atoms with Crippen molar-refractivity contribution in [3.63, 3.8) is 0 Å². The number of benzene rings is 1. The third-order valence-electron chi connectivity index (χ3n) is 6.24. The number of carbonyl (C=O) groups excluding carboxylic acids is 1. The maximum absolute atomic E-state index is 11.3. The molecular formula is C23H38IN5O. The molecule has 3 N–H and O–H groups in total. The third kappa shape index (κ3) is 6.83. The van der Waals surface area contributed by atoms with Gasteiger partial charge in [-0.1, -0.05) is 31.2 Å². The Labute approximate surface area is 198 Å². The molecular weight excluding hydrogens is 489 g/mol. The Bertz CT molecular complexity index is 711. The van der Waals surface area contributed by atoms with Crippen LogP contribution in [0.25, 0.3) is 0 Å². The summed E-state index contributed by atoms with van der Waals surface area (Å²) in [5.74, 6) is 1.12. The van der Waals surface area contributed by atoms with Crippen molar-refractivity contribution < 1.29 is 4.79 Å². The topological polar surface area (TPSA) is 74.0 Å². The first-order chi connectivity index (χ1) is 14.1.